The van der Waals surface area contributed by atoms with Crippen molar-refractivity contribution in [3.8, 4) is 0 Å². The highest BCUT2D eigenvalue weighted by Gasteiger charge is 2.27. The number of hydrogen-bond acceptors (Lipinski definition) is 4. The summed E-state index contributed by atoms with van der Waals surface area (Å²) in [6.07, 6.45) is 2.58. The first-order valence-corrected chi connectivity index (χ1v) is 5.46. The Labute approximate surface area is 105 Å². The first-order chi connectivity index (χ1) is 8.21. The van der Waals surface area contributed by atoms with Gasteiger partial charge in [-0.3, -0.25) is 9.78 Å². The summed E-state index contributed by atoms with van der Waals surface area (Å²) in [6.45, 7) is 5.55. The molecule has 0 saturated heterocycles. The van der Waals surface area contributed by atoms with Crippen molar-refractivity contribution in [2.75, 3.05) is 5.32 Å². The van der Waals surface area contributed by atoms with E-state index in [0.29, 0.717) is 5.69 Å². The molecule has 0 unspecified atom stereocenters. The minimum atomic E-state index is -1.10. The second kappa shape index (κ2) is 5.14. The lowest BCUT2D eigenvalue weighted by atomic mass is 9.87. The van der Waals surface area contributed by atoms with Gasteiger partial charge >= 0.3 is 5.97 Å². The molecule has 0 saturated carbocycles. The molecular weight excluding hydrogens is 234 g/mol. The molecule has 18 heavy (non-hydrogen) atoms. The number of amides is 1. The number of pyridine rings is 1. The Morgan fingerprint density at radius 1 is 1.39 bits per heavy atom. The van der Waals surface area contributed by atoms with Crippen LogP contribution in [-0.2, 0) is 4.79 Å². The van der Waals surface area contributed by atoms with Crippen LogP contribution < -0.4 is 11.1 Å². The molecule has 1 aromatic rings. The highest BCUT2D eigenvalue weighted by Crippen LogP contribution is 2.19. The minimum Gasteiger partial charge on any atom is -0.478 e. The van der Waals surface area contributed by atoms with Crippen molar-refractivity contribution in [3.63, 3.8) is 0 Å². The standard InChI is InChI=1S/C12H17N3O3/c1-12(2,3)9(13)10(16)15-8-4-7(11(17)18)5-14-6-8/h4-6,9H,13H2,1-3H3,(H,15,16)(H,17,18)/t9-/m1/s1. The summed E-state index contributed by atoms with van der Waals surface area (Å²) in [4.78, 5) is 26.3. The second-order valence-corrected chi connectivity index (χ2v) is 5.10. The lowest BCUT2D eigenvalue weighted by Crippen LogP contribution is -2.45. The number of carbonyl (C=O) groups excluding carboxylic acids is 1. The van der Waals surface area contributed by atoms with Gasteiger partial charge in [0.25, 0.3) is 0 Å². The third-order valence-corrected chi connectivity index (χ3v) is 2.47. The quantitative estimate of drug-likeness (QED) is 0.745. The Bertz CT molecular complexity index is 466. The fourth-order valence-electron chi connectivity index (χ4n) is 1.24. The first-order valence-electron chi connectivity index (χ1n) is 5.46. The predicted octanol–water partition coefficient (Wildman–Crippen LogP) is 1.09. The van der Waals surface area contributed by atoms with Crippen molar-refractivity contribution in [1.82, 2.24) is 4.98 Å². The van der Waals surface area contributed by atoms with Crippen LogP contribution in [0.4, 0.5) is 5.69 Å². The van der Waals surface area contributed by atoms with E-state index in [9.17, 15) is 9.59 Å². The van der Waals surface area contributed by atoms with Crippen LogP contribution >= 0.6 is 0 Å². The molecule has 1 rings (SSSR count). The number of nitrogens with one attached hydrogen (secondary N) is 1. The summed E-state index contributed by atoms with van der Waals surface area (Å²) < 4.78 is 0. The number of carboxylic acids is 1. The van der Waals surface area contributed by atoms with Crippen LogP contribution in [0.1, 0.15) is 31.1 Å². The van der Waals surface area contributed by atoms with Gasteiger partial charge in [-0.1, -0.05) is 20.8 Å². The summed E-state index contributed by atoms with van der Waals surface area (Å²) in [7, 11) is 0. The number of nitrogens with zero attached hydrogens (tertiary/aromatic N) is 1. The van der Waals surface area contributed by atoms with Crippen molar-refractivity contribution < 1.29 is 14.7 Å². The summed E-state index contributed by atoms with van der Waals surface area (Å²) >= 11 is 0. The lowest BCUT2D eigenvalue weighted by Gasteiger charge is -2.25. The van der Waals surface area contributed by atoms with Gasteiger partial charge in [-0.05, 0) is 11.5 Å². The van der Waals surface area contributed by atoms with Crippen molar-refractivity contribution >= 4 is 17.6 Å². The number of aromatic nitrogens is 1. The molecule has 0 aliphatic heterocycles. The molecule has 0 aliphatic carbocycles. The van der Waals surface area contributed by atoms with Gasteiger partial charge in [-0.25, -0.2) is 4.79 Å². The molecule has 6 heteroatoms. The van der Waals surface area contributed by atoms with E-state index in [4.69, 9.17) is 10.8 Å². The summed E-state index contributed by atoms with van der Waals surface area (Å²) in [5.74, 6) is -1.47. The van der Waals surface area contributed by atoms with E-state index in [2.05, 4.69) is 10.3 Å². The van der Waals surface area contributed by atoms with Crippen molar-refractivity contribution in [3.05, 3.63) is 24.0 Å². The van der Waals surface area contributed by atoms with Crippen molar-refractivity contribution in [2.45, 2.75) is 26.8 Å². The number of rotatable bonds is 3. The average molecular weight is 251 g/mol. The van der Waals surface area contributed by atoms with Gasteiger partial charge in [0.15, 0.2) is 0 Å². The van der Waals surface area contributed by atoms with E-state index in [1.807, 2.05) is 20.8 Å². The minimum absolute atomic E-state index is 0.0112. The zero-order chi connectivity index (χ0) is 13.9. The predicted molar refractivity (Wildman–Crippen MR) is 67.3 cm³/mol. The van der Waals surface area contributed by atoms with Crippen molar-refractivity contribution in [1.29, 1.82) is 0 Å². The zero-order valence-corrected chi connectivity index (χ0v) is 10.6. The molecule has 0 aromatic carbocycles. The topological polar surface area (TPSA) is 105 Å². The highest BCUT2D eigenvalue weighted by molar-refractivity contribution is 5.96. The number of aromatic carboxylic acids is 1. The van der Waals surface area contributed by atoms with Gasteiger partial charge in [-0.2, -0.15) is 0 Å². The zero-order valence-electron chi connectivity index (χ0n) is 10.6. The number of nitrogens with two attached hydrogens (primary N) is 1. The van der Waals surface area contributed by atoms with Gasteiger partial charge in [0, 0.05) is 6.20 Å². The maximum atomic E-state index is 11.8. The third-order valence-electron chi connectivity index (χ3n) is 2.47. The Morgan fingerprint density at radius 2 is 2.00 bits per heavy atom. The van der Waals surface area contributed by atoms with Gasteiger partial charge in [0.2, 0.25) is 5.91 Å². The Hall–Kier alpha value is -1.95. The number of carboxylic acid groups (broad SMARTS) is 1. The summed E-state index contributed by atoms with van der Waals surface area (Å²) in [6, 6.07) is 0.647. The smallest absolute Gasteiger partial charge is 0.337 e. The lowest BCUT2D eigenvalue weighted by molar-refractivity contribution is -0.119. The molecule has 98 valence electrons. The fraction of sp³-hybridized carbons (Fsp3) is 0.417. The van der Waals surface area contributed by atoms with Crippen LogP contribution in [0.5, 0.6) is 0 Å². The Balaban J connectivity index is 2.82. The highest BCUT2D eigenvalue weighted by atomic mass is 16.4. The fourth-order valence-corrected chi connectivity index (χ4v) is 1.24. The van der Waals surface area contributed by atoms with Crippen LogP contribution in [0, 0.1) is 5.41 Å². The van der Waals surface area contributed by atoms with Gasteiger partial charge in [0.05, 0.1) is 23.5 Å². The maximum absolute atomic E-state index is 11.8. The summed E-state index contributed by atoms with van der Waals surface area (Å²) in [5, 5.41) is 11.4. The van der Waals surface area contributed by atoms with E-state index >= 15 is 0 Å². The van der Waals surface area contributed by atoms with E-state index in [1.165, 1.54) is 18.5 Å². The van der Waals surface area contributed by atoms with Crippen LogP contribution in [0.25, 0.3) is 0 Å². The van der Waals surface area contributed by atoms with E-state index < -0.39 is 12.0 Å². The maximum Gasteiger partial charge on any atom is 0.337 e. The molecule has 0 fully saturated rings. The van der Waals surface area contributed by atoms with Crippen LogP contribution in [0.2, 0.25) is 0 Å². The normalized spacial score (nSPS) is 12.9. The van der Waals surface area contributed by atoms with Gasteiger partial charge in [-0.15, -0.1) is 0 Å². The van der Waals surface area contributed by atoms with E-state index in [-0.39, 0.29) is 16.9 Å². The molecule has 4 N–H and O–H groups in total. The number of anilines is 1. The first kappa shape index (κ1) is 14.1. The molecule has 1 heterocycles. The largest absolute Gasteiger partial charge is 0.478 e. The third kappa shape index (κ3) is 3.53. The molecule has 0 radical (unpaired) electrons. The summed E-state index contributed by atoms with van der Waals surface area (Å²) in [5.41, 5.74) is 5.75. The SMILES string of the molecule is CC(C)(C)[C@H](N)C(=O)Nc1cncc(C(=O)O)c1. The molecule has 1 atom stereocenters. The number of hydrogen-bond donors (Lipinski definition) is 3. The molecule has 0 aliphatic rings. The number of carbonyl (C=O) groups is 2. The van der Waals surface area contributed by atoms with Crippen LogP contribution in [0.3, 0.4) is 0 Å². The Morgan fingerprint density at radius 3 is 2.50 bits per heavy atom. The molecule has 1 aromatic heterocycles. The molecule has 1 amide bonds. The van der Waals surface area contributed by atoms with Crippen LogP contribution in [0.15, 0.2) is 18.5 Å². The Kier molecular flexibility index (Phi) is 4.03. The average Bonchev–Trinajstić information content (AvgIpc) is 2.27. The molecule has 0 bridgehead atoms. The van der Waals surface area contributed by atoms with Gasteiger partial charge in [0.1, 0.15) is 0 Å². The van der Waals surface area contributed by atoms with E-state index in [0.717, 1.165) is 0 Å². The molecular formula is C12H17N3O3. The molecule has 0 spiro atoms. The van der Waals surface area contributed by atoms with Gasteiger partial charge < -0.3 is 16.2 Å². The second-order valence-electron chi connectivity index (χ2n) is 5.10. The van der Waals surface area contributed by atoms with Crippen LogP contribution in [-0.4, -0.2) is 28.0 Å². The molecule has 6 nitrogen and oxygen atoms in total. The van der Waals surface area contributed by atoms with Crippen molar-refractivity contribution in [2.24, 2.45) is 11.1 Å². The monoisotopic (exact) mass is 251 g/mol. The van der Waals surface area contributed by atoms with E-state index in [1.54, 1.807) is 0 Å².